The molecule has 14 aromatic rings. The van der Waals surface area contributed by atoms with Gasteiger partial charge in [0, 0.05) is 71.8 Å². The molecular formula is C64H36N12Pd. The zero-order valence-corrected chi connectivity index (χ0v) is 42.0. The van der Waals surface area contributed by atoms with Crippen LogP contribution in [0.3, 0.4) is 0 Å². The normalized spacial score (nSPS) is 12.1. The summed E-state index contributed by atoms with van der Waals surface area (Å²) in [4.78, 5) is 23.6. The Bertz CT molecular complexity index is 4480. The van der Waals surface area contributed by atoms with Gasteiger partial charge in [-0.05, 0) is 137 Å². The number of nitrogens with zero attached hydrogens (tertiary/aromatic N) is 12. The van der Waals surface area contributed by atoms with Crippen LogP contribution in [-0.2, 0) is 20.4 Å². The number of rotatable bonds is 4. The summed E-state index contributed by atoms with van der Waals surface area (Å²) in [5.41, 5.74) is 12.1. The molecule has 0 unspecified atom stereocenters. The first-order valence-electron chi connectivity index (χ1n) is 25.1. The van der Waals surface area contributed by atoms with Crippen molar-refractivity contribution in [2.45, 2.75) is 0 Å². The first-order valence-corrected chi connectivity index (χ1v) is 25.1. The van der Waals surface area contributed by atoms with E-state index in [4.69, 9.17) is 40.3 Å². The SMILES string of the molecule is [Pd+2].c1ccc2cc3c(cc2c1)-c1nc-3c(-n2cccn2)c2[n-]c(c(-n3cccn3)c3nc(c(-n4cccn4)c4[n-]c(c1-n1cccn1)c1cc5ccccc5cc41)-c1cc4ccccc4cc1-3)c1cc3ccccc3cc21. The maximum Gasteiger partial charge on any atom is 2.00 e. The second-order valence-corrected chi connectivity index (χ2v) is 19.4. The quantitative estimate of drug-likeness (QED) is 0.160. The molecule has 0 saturated heterocycles. The fourth-order valence-electron chi connectivity index (χ4n) is 11.8. The van der Waals surface area contributed by atoms with E-state index in [0.29, 0.717) is 67.6 Å². The van der Waals surface area contributed by atoms with Crippen molar-refractivity contribution in [2.75, 3.05) is 0 Å². The molecule has 3 aliphatic rings. The maximum absolute atomic E-state index is 5.91. The third-order valence-electron chi connectivity index (χ3n) is 15.2. The van der Waals surface area contributed by atoms with Gasteiger partial charge in [-0.15, -0.1) is 0 Å². The van der Waals surface area contributed by atoms with Crippen molar-refractivity contribution in [3.8, 4) is 67.8 Å². The first-order chi connectivity index (χ1) is 37.7. The van der Waals surface area contributed by atoms with E-state index in [1.165, 1.54) is 0 Å². The standard InChI is InChI=1S/C64H36N12.Pd/c1-2-14-38-30-46-45(29-37(38)13-1)53-61(73-25-9-21-65-73)55-47-31-39-15-3-4-16-40(39)32-48(47)57(70-55)63(75-27-11-23-67-75)59-51-35-43-19-7-8-20-44(43)36-52(51)60(72-59)64(76-28-12-24-68-76)58-50-34-42-18-6-5-17-41(42)33-49(50)56(71-58)62(54(46)69-53)74-26-10-22-66-74;/h1-36H;/q-2;+2. The third kappa shape index (κ3) is 6.36. The molecule has 8 bridgehead atoms. The molecule has 0 N–H and O–H groups in total. The Balaban J connectivity index is 0.00000498. The van der Waals surface area contributed by atoms with Gasteiger partial charge in [-0.2, -0.15) is 20.4 Å². The molecule has 12 nitrogen and oxygen atoms in total. The van der Waals surface area contributed by atoms with Crippen molar-refractivity contribution in [3.05, 3.63) is 219 Å². The van der Waals surface area contributed by atoms with Crippen LogP contribution in [-0.4, -0.2) is 49.1 Å². The van der Waals surface area contributed by atoms with Crippen molar-refractivity contribution in [1.29, 1.82) is 0 Å². The Morgan fingerprint density at radius 1 is 0.273 bits per heavy atom. The maximum atomic E-state index is 5.91. The zero-order chi connectivity index (χ0) is 49.6. The number of benzene rings is 8. The van der Waals surface area contributed by atoms with Crippen LogP contribution in [0.25, 0.3) is 154 Å². The van der Waals surface area contributed by atoms with Gasteiger partial charge in [0.05, 0.1) is 45.5 Å². The molecule has 0 atom stereocenters. The van der Waals surface area contributed by atoms with Gasteiger partial charge in [-0.25, -0.2) is 28.7 Å². The molecule has 1 aliphatic carbocycles. The Hall–Kier alpha value is -10.1. The van der Waals surface area contributed by atoms with Gasteiger partial charge in [0.2, 0.25) is 0 Å². The second kappa shape index (κ2) is 16.5. The summed E-state index contributed by atoms with van der Waals surface area (Å²) < 4.78 is 7.66. The number of fused-ring (bicyclic) bond motifs is 4. The topological polar surface area (TPSA) is 125 Å². The first kappa shape index (κ1) is 43.4. The summed E-state index contributed by atoms with van der Waals surface area (Å²) in [7, 11) is 0. The third-order valence-corrected chi connectivity index (χ3v) is 15.2. The molecule has 0 fully saturated rings. The predicted octanol–water partition coefficient (Wildman–Crippen LogP) is 13.9. The molecule has 13 heteroatoms. The van der Waals surface area contributed by atoms with Crippen molar-refractivity contribution < 1.29 is 20.4 Å². The summed E-state index contributed by atoms with van der Waals surface area (Å²) >= 11 is 0. The molecule has 362 valence electrons. The van der Waals surface area contributed by atoms with Crippen LogP contribution >= 0.6 is 0 Å². The van der Waals surface area contributed by atoms with E-state index in [0.717, 1.165) is 86.9 Å². The summed E-state index contributed by atoms with van der Waals surface area (Å²) in [6.45, 7) is 0. The minimum Gasteiger partial charge on any atom is -0.653 e. The van der Waals surface area contributed by atoms with Crippen LogP contribution in [0.15, 0.2) is 219 Å². The van der Waals surface area contributed by atoms with Crippen molar-refractivity contribution in [1.82, 2.24) is 59.1 Å². The van der Waals surface area contributed by atoms with Gasteiger partial charge in [0.25, 0.3) is 0 Å². The van der Waals surface area contributed by atoms with Crippen LogP contribution in [0, 0.1) is 0 Å². The van der Waals surface area contributed by atoms with Crippen LogP contribution in [0.5, 0.6) is 0 Å². The van der Waals surface area contributed by atoms with Gasteiger partial charge >= 0.3 is 20.4 Å². The zero-order valence-electron chi connectivity index (χ0n) is 40.5. The summed E-state index contributed by atoms with van der Waals surface area (Å²) in [6.07, 6.45) is 15.1. The number of hydrogen-bond acceptors (Lipinski definition) is 6. The Morgan fingerprint density at radius 3 is 0.701 bits per heavy atom. The van der Waals surface area contributed by atoms with E-state index < -0.39 is 0 Å². The molecular weight excluding hydrogens is 1040 g/mol. The van der Waals surface area contributed by atoms with E-state index in [1.54, 1.807) is 0 Å². The van der Waals surface area contributed by atoms with Crippen LogP contribution in [0.1, 0.15) is 0 Å². The van der Waals surface area contributed by atoms with Gasteiger partial charge in [-0.3, -0.25) is 0 Å². The van der Waals surface area contributed by atoms with E-state index in [9.17, 15) is 0 Å². The monoisotopic (exact) mass is 1080 g/mol. The van der Waals surface area contributed by atoms with E-state index in [-0.39, 0.29) is 20.4 Å². The van der Waals surface area contributed by atoms with Gasteiger partial charge in [0.15, 0.2) is 0 Å². The fourth-order valence-corrected chi connectivity index (χ4v) is 11.8. The van der Waals surface area contributed by atoms with Crippen molar-refractivity contribution in [3.63, 3.8) is 0 Å². The van der Waals surface area contributed by atoms with E-state index >= 15 is 0 Å². The smallest absolute Gasteiger partial charge is 0.653 e. The average Bonchev–Trinajstić information content (AvgIpc) is 4.39. The molecule has 6 aromatic heterocycles. The van der Waals surface area contributed by atoms with Gasteiger partial charge in [-0.1, -0.05) is 119 Å². The molecule has 0 radical (unpaired) electrons. The average molecular weight is 1080 g/mol. The molecule has 8 heterocycles. The van der Waals surface area contributed by atoms with Crippen molar-refractivity contribution in [2.24, 2.45) is 0 Å². The number of aromatic nitrogens is 12. The molecule has 17 rings (SSSR count). The molecule has 0 saturated carbocycles. The van der Waals surface area contributed by atoms with Gasteiger partial charge < -0.3 is 9.97 Å². The minimum absolute atomic E-state index is 0. The predicted molar refractivity (Wildman–Crippen MR) is 301 cm³/mol. The summed E-state index contributed by atoms with van der Waals surface area (Å²) in [6, 6.07) is 59.7. The van der Waals surface area contributed by atoms with E-state index in [2.05, 4.69) is 146 Å². The molecule has 2 aliphatic heterocycles. The summed E-state index contributed by atoms with van der Waals surface area (Å²) in [5.74, 6) is 0. The molecule has 0 spiro atoms. The largest absolute Gasteiger partial charge is 2.00 e. The second-order valence-electron chi connectivity index (χ2n) is 19.4. The van der Waals surface area contributed by atoms with Crippen LogP contribution in [0.2, 0.25) is 0 Å². The van der Waals surface area contributed by atoms with E-state index in [1.807, 2.05) is 92.6 Å². The van der Waals surface area contributed by atoms with Crippen LogP contribution in [0.4, 0.5) is 0 Å². The Morgan fingerprint density at radius 2 is 0.494 bits per heavy atom. The Labute approximate surface area is 450 Å². The fraction of sp³-hybridized carbons (Fsp3) is 0. The Kier molecular flexibility index (Phi) is 9.27. The van der Waals surface area contributed by atoms with Crippen molar-refractivity contribution >= 4 is 86.7 Å². The number of hydrogen-bond donors (Lipinski definition) is 0. The summed E-state index contributed by atoms with van der Waals surface area (Å²) in [5, 5.41) is 32.4. The minimum atomic E-state index is 0. The molecule has 8 aromatic carbocycles. The molecule has 77 heavy (non-hydrogen) atoms. The van der Waals surface area contributed by atoms with Crippen LogP contribution < -0.4 is 9.97 Å². The molecule has 0 amide bonds. The van der Waals surface area contributed by atoms with Gasteiger partial charge in [0.1, 0.15) is 0 Å².